The molecule has 0 saturated carbocycles. The second kappa shape index (κ2) is 2.66. The van der Waals surface area contributed by atoms with Crippen molar-refractivity contribution >= 4 is 0 Å². The number of aromatic nitrogens is 1. The van der Waals surface area contributed by atoms with Crippen LogP contribution in [-0.2, 0) is 6.18 Å². The standard InChI is InChI=1S/C7H6F3NO/c1-4-3-11-6(2-5(4)12)7(8,9)10/h2-3H,1H3,(H,11,12)/i1D3,2D,3D. The average Bonchev–Trinajstić information content (AvgIpc) is 2.07. The Kier molecular flexibility index (Phi) is 0.910. The summed E-state index contributed by atoms with van der Waals surface area (Å²) in [7, 11) is 0. The number of halogens is 3. The van der Waals surface area contributed by atoms with E-state index in [0.29, 0.717) is 0 Å². The summed E-state index contributed by atoms with van der Waals surface area (Å²) in [5, 5.41) is 9.25. The molecule has 1 aromatic heterocycles. The number of aromatic hydroxyl groups is 1. The SMILES string of the molecule is [2H]c1nc(C(F)(F)F)c([2H])c(O)c1C([2H])([2H])[2H]. The van der Waals surface area contributed by atoms with Crippen molar-refractivity contribution < 1.29 is 25.1 Å². The summed E-state index contributed by atoms with van der Waals surface area (Å²) in [6.07, 6.45) is -6.25. The minimum Gasteiger partial charge on any atom is -0.508 e. The van der Waals surface area contributed by atoms with Crippen molar-refractivity contribution in [3.8, 4) is 5.75 Å². The van der Waals surface area contributed by atoms with E-state index in [-0.39, 0.29) is 0 Å². The normalized spacial score (nSPS) is 18.8. The first kappa shape index (κ1) is 4.11. The summed E-state index contributed by atoms with van der Waals surface area (Å²) >= 11 is 0. The Morgan fingerprint density at radius 3 is 2.83 bits per heavy atom. The first-order valence-electron chi connectivity index (χ1n) is 5.24. The Morgan fingerprint density at radius 2 is 2.33 bits per heavy atom. The average molecular weight is 182 g/mol. The van der Waals surface area contributed by atoms with Crippen molar-refractivity contribution in [2.45, 2.75) is 13.0 Å². The van der Waals surface area contributed by atoms with E-state index in [2.05, 4.69) is 4.98 Å². The Balaban J connectivity index is 3.60. The van der Waals surface area contributed by atoms with Crippen LogP contribution in [0.25, 0.3) is 0 Å². The molecular formula is C7H6F3NO. The van der Waals surface area contributed by atoms with Gasteiger partial charge < -0.3 is 5.11 Å². The highest BCUT2D eigenvalue weighted by molar-refractivity contribution is 5.31. The maximum absolute atomic E-state index is 12.3. The minimum absolute atomic E-state index is 1.06. The van der Waals surface area contributed by atoms with Gasteiger partial charge in [0.05, 0.1) is 2.74 Å². The quantitative estimate of drug-likeness (QED) is 0.666. The van der Waals surface area contributed by atoms with Crippen LogP contribution in [0.1, 0.15) is 18.1 Å². The van der Waals surface area contributed by atoms with E-state index in [9.17, 15) is 18.3 Å². The van der Waals surface area contributed by atoms with Crippen molar-refractivity contribution in [2.75, 3.05) is 0 Å². The van der Waals surface area contributed by atoms with Crippen LogP contribution >= 0.6 is 0 Å². The molecule has 1 aromatic rings. The maximum atomic E-state index is 12.3. The number of alkyl halides is 3. The van der Waals surface area contributed by atoms with Gasteiger partial charge in [-0.05, 0) is 6.85 Å². The van der Waals surface area contributed by atoms with E-state index < -0.39 is 42.3 Å². The van der Waals surface area contributed by atoms with Gasteiger partial charge in [0.25, 0.3) is 0 Å². The number of nitrogens with zero attached hydrogens (tertiary/aromatic N) is 1. The Labute approximate surface area is 73.7 Å². The van der Waals surface area contributed by atoms with Crippen LogP contribution in [0, 0.1) is 6.85 Å². The molecule has 1 rings (SSSR count). The fraction of sp³-hybridized carbons (Fsp3) is 0.286. The fourth-order valence-corrected chi connectivity index (χ4v) is 0.502. The van der Waals surface area contributed by atoms with Crippen LogP contribution in [0.3, 0.4) is 0 Å². The zero-order valence-corrected chi connectivity index (χ0v) is 5.53. The Morgan fingerprint density at radius 1 is 1.67 bits per heavy atom. The van der Waals surface area contributed by atoms with Gasteiger partial charge in [0.1, 0.15) is 11.4 Å². The first-order chi connectivity index (χ1) is 7.46. The van der Waals surface area contributed by atoms with Gasteiger partial charge in [-0.1, -0.05) is 0 Å². The van der Waals surface area contributed by atoms with E-state index in [4.69, 9.17) is 6.85 Å². The second-order valence-electron chi connectivity index (χ2n) is 1.92. The third-order valence-corrected chi connectivity index (χ3v) is 1.02. The summed E-state index contributed by atoms with van der Waals surface area (Å²) in [5.41, 5.74) is -2.84. The van der Waals surface area contributed by atoms with Crippen LogP contribution in [0.4, 0.5) is 13.2 Å². The van der Waals surface area contributed by atoms with Gasteiger partial charge in [-0.3, -0.25) is 4.98 Å². The molecule has 12 heavy (non-hydrogen) atoms. The van der Waals surface area contributed by atoms with Gasteiger partial charge in [0.15, 0.2) is 0 Å². The number of hydrogen-bond acceptors (Lipinski definition) is 2. The van der Waals surface area contributed by atoms with Crippen LogP contribution < -0.4 is 0 Å². The van der Waals surface area contributed by atoms with Crippen molar-refractivity contribution in [1.82, 2.24) is 4.98 Å². The molecule has 0 atom stereocenters. The molecule has 0 bridgehead atoms. The molecule has 0 aliphatic heterocycles. The van der Waals surface area contributed by atoms with Gasteiger partial charge in [0, 0.05) is 21.9 Å². The van der Waals surface area contributed by atoms with E-state index in [1.807, 2.05) is 0 Å². The molecule has 2 nitrogen and oxygen atoms in total. The predicted molar refractivity (Wildman–Crippen MR) is 35.6 cm³/mol. The van der Waals surface area contributed by atoms with E-state index in [1.165, 1.54) is 0 Å². The molecule has 1 heterocycles. The summed E-state index contributed by atoms with van der Waals surface area (Å²) < 4.78 is 71.8. The lowest BCUT2D eigenvalue weighted by Crippen LogP contribution is -2.07. The molecule has 0 aliphatic rings. The topological polar surface area (TPSA) is 33.1 Å². The Hall–Kier alpha value is -1.26. The van der Waals surface area contributed by atoms with Gasteiger partial charge >= 0.3 is 6.18 Å². The lowest BCUT2D eigenvalue weighted by molar-refractivity contribution is -0.141. The summed E-state index contributed by atoms with van der Waals surface area (Å²) in [6, 6.07) is -1.44. The molecule has 1 N–H and O–H groups in total. The summed E-state index contributed by atoms with van der Waals surface area (Å²) in [4.78, 5) is 2.71. The molecule has 0 fully saturated rings. The van der Waals surface area contributed by atoms with E-state index >= 15 is 0 Å². The first-order valence-corrected chi connectivity index (χ1v) is 2.74. The van der Waals surface area contributed by atoms with E-state index in [0.717, 1.165) is 0 Å². The molecular weight excluding hydrogens is 171 g/mol. The molecule has 0 amide bonds. The molecule has 5 heteroatoms. The largest absolute Gasteiger partial charge is 0.508 e. The van der Waals surface area contributed by atoms with Gasteiger partial charge in [0.2, 0.25) is 0 Å². The summed E-state index contributed by atoms with van der Waals surface area (Å²) in [6.45, 7) is -3.01. The van der Waals surface area contributed by atoms with Gasteiger partial charge in [-0.25, -0.2) is 0 Å². The van der Waals surface area contributed by atoms with Crippen molar-refractivity contribution in [3.05, 3.63) is 23.5 Å². The fourth-order valence-electron chi connectivity index (χ4n) is 0.502. The molecule has 0 radical (unpaired) electrons. The zero-order chi connectivity index (χ0) is 13.6. The van der Waals surface area contributed by atoms with Crippen molar-refractivity contribution in [1.29, 1.82) is 0 Å². The van der Waals surface area contributed by atoms with Crippen LogP contribution in [-0.4, -0.2) is 10.1 Å². The van der Waals surface area contributed by atoms with Crippen LogP contribution in [0.15, 0.2) is 12.2 Å². The Bertz CT molecular complexity index is 456. The minimum atomic E-state index is -5.03. The molecule has 0 aliphatic carbocycles. The summed E-state index contributed by atoms with van der Waals surface area (Å²) in [5.74, 6) is -1.39. The highest BCUT2D eigenvalue weighted by Crippen LogP contribution is 2.30. The van der Waals surface area contributed by atoms with E-state index in [1.54, 1.807) is 0 Å². The number of rotatable bonds is 0. The van der Waals surface area contributed by atoms with Gasteiger partial charge in [-0.15, -0.1) is 0 Å². The highest BCUT2D eigenvalue weighted by Gasteiger charge is 2.32. The maximum Gasteiger partial charge on any atom is 0.433 e. The van der Waals surface area contributed by atoms with Crippen molar-refractivity contribution in [3.63, 3.8) is 0 Å². The number of hydrogen-bond donors (Lipinski definition) is 1. The smallest absolute Gasteiger partial charge is 0.433 e. The van der Waals surface area contributed by atoms with Crippen molar-refractivity contribution in [2.24, 2.45) is 0 Å². The van der Waals surface area contributed by atoms with Crippen LogP contribution in [0.2, 0.25) is 0 Å². The van der Waals surface area contributed by atoms with Crippen LogP contribution in [0.5, 0.6) is 5.75 Å². The predicted octanol–water partition coefficient (Wildman–Crippen LogP) is 2.11. The lowest BCUT2D eigenvalue weighted by Gasteiger charge is -2.06. The number of pyridine rings is 1. The third-order valence-electron chi connectivity index (χ3n) is 1.02. The molecule has 0 spiro atoms. The monoisotopic (exact) mass is 182 g/mol. The highest BCUT2D eigenvalue weighted by atomic mass is 19.4. The zero-order valence-electron chi connectivity index (χ0n) is 10.5. The molecule has 0 saturated heterocycles. The van der Waals surface area contributed by atoms with Gasteiger partial charge in [-0.2, -0.15) is 13.2 Å². The lowest BCUT2D eigenvalue weighted by atomic mass is 10.2. The second-order valence-corrected chi connectivity index (χ2v) is 1.92. The molecule has 0 aromatic carbocycles. The molecule has 66 valence electrons. The third kappa shape index (κ3) is 1.66. The molecule has 0 unspecified atom stereocenters.